The van der Waals surface area contributed by atoms with Gasteiger partial charge in [0.2, 0.25) is 0 Å². The summed E-state index contributed by atoms with van der Waals surface area (Å²) >= 11 is 0. The third-order valence-electron chi connectivity index (χ3n) is 3.67. The lowest BCUT2D eigenvalue weighted by molar-refractivity contribution is -0.763. The van der Waals surface area contributed by atoms with Gasteiger partial charge >= 0.3 is 0 Å². The second-order valence-corrected chi connectivity index (χ2v) is 4.94. The summed E-state index contributed by atoms with van der Waals surface area (Å²) in [6.07, 6.45) is 12.3. The summed E-state index contributed by atoms with van der Waals surface area (Å²) in [5.41, 5.74) is 0.301. The van der Waals surface area contributed by atoms with Crippen LogP contribution < -0.4 is 4.57 Å². The van der Waals surface area contributed by atoms with Gasteiger partial charge in [-0.3, -0.25) is 0 Å². The highest BCUT2D eigenvalue weighted by atomic mass is 15.0. The van der Waals surface area contributed by atoms with Gasteiger partial charge in [0.15, 0.2) is 17.9 Å². The van der Waals surface area contributed by atoms with Crippen molar-refractivity contribution in [3.63, 3.8) is 0 Å². The maximum Gasteiger partial charge on any atom is 0.169 e. The van der Waals surface area contributed by atoms with E-state index in [0.717, 1.165) is 0 Å². The Morgan fingerprint density at radius 2 is 1.62 bits per heavy atom. The lowest BCUT2D eigenvalue weighted by atomic mass is 9.91. The number of nitrogens with zero attached hydrogens (tertiary/aromatic N) is 1. The number of hydrogen-bond donors (Lipinski definition) is 0. The molecule has 90 valence electrons. The van der Waals surface area contributed by atoms with Crippen LogP contribution in [-0.2, 0) is 5.54 Å². The molecule has 0 saturated heterocycles. The Balaban J connectivity index is 2.56. The summed E-state index contributed by atoms with van der Waals surface area (Å²) < 4.78 is 2.37. The number of aromatic nitrogens is 1. The van der Waals surface area contributed by atoms with Crippen LogP contribution in [-0.4, -0.2) is 0 Å². The third-order valence-corrected chi connectivity index (χ3v) is 3.67. The summed E-state index contributed by atoms with van der Waals surface area (Å²) in [7, 11) is 0. The molecule has 0 radical (unpaired) electrons. The number of rotatable bonds is 7. The average molecular weight is 220 g/mol. The van der Waals surface area contributed by atoms with Crippen LogP contribution in [0.5, 0.6) is 0 Å². The van der Waals surface area contributed by atoms with Gasteiger partial charge in [-0.2, -0.15) is 0 Å². The maximum atomic E-state index is 2.37. The second-order valence-electron chi connectivity index (χ2n) is 4.94. The normalized spacial score (nSPS) is 14.7. The molecule has 0 aliphatic carbocycles. The summed E-state index contributed by atoms with van der Waals surface area (Å²) in [4.78, 5) is 0. The minimum atomic E-state index is 0.301. The molecule has 1 heterocycles. The van der Waals surface area contributed by atoms with Crippen molar-refractivity contribution in [3.8, 4) is 0 Å². The monoisotopic (exact) mass is 220 g/mol. The SMILES string of the molecule is CCCCCCC(C)(CC)[n+]1ccccc1. The molecule has 1 heteroatoms. The van der Waals surface area contributed by atoms with Gasteiger partial charge in [0, 0.05) is 31.9 Å². The highest BCUT2D eigenvalue weighted by Gasteiger charge is 2.30. The Labute approximate surface area is 101 Å². The van der Waals surface area contributed by atoms with Gasteiger partial charge in [-0.1, -0.05) is 39.2 Å². The molecule has 0 spiro atoms. The Kier molecular flexibility index (Phi) is 5.51. The zero-order chi connectivity index (χ0) is 11.9. The topological polar surface area (TPSA) is 3.88 Å². The highest BCUT2D eigenvalue weighted by molar-refractivity contribution is 4.85. The van der Waals surface area contributed by atoms with E-state index in [4.69, 9.17) is 0 Å². The molecular weight excluding hydrogens is 194 g/mol. The molecule has 0 fully saturated rings. The van der Waals surface area contributed by atoms with E-state index >= 15 is 0 Å². The van der Waals surface area contributed by atoms with E-state index in [0.29, 0.717) is 5.54 Å². The third kappa shape index (κ3) is 3.62. The zero-order valence-corrected chi connectivity index (χ0v) is 11.1. The smallest absolute Gasteiger partial charge is 0.169 e. The Morgan fingerprint density at radius 3 is 2.19 bits per heavy atom. The molecule has 16 heavy (non-hydrogen) atoms. The molecule has 1 nitrogen and oxygen atoms in total. The largest absolute Gasteiger partial charge is 0.200 e. The number of pyridine rings is 1. The molecule has 0 N–H and O–H groups in total. The molecule has 1 rings (SSSR count). The van der Waals surface area contributed by atoms with Gasteiger partial charge in [0.1, 0.15) is 0 Å². The quantitative estimate of drug-likeness (QED) is 0.482. The predicted octanol–water partition coefficient (Wildman–Crippen LogP) is 4.07. The summed E-state index contributed by atoms with van der Waals surface area (Å²) in [5, 5.41) is 0. The van der Waals surface area contributed by atoms with E-state index in [9.17, 15) is 0 Å². The molecular formula is C15H26N+. The van der Waals surface area contributed by atoms with E-state index in [1.165, 1.54) is 38.5 Å². The zero-order valence-electron chi connectivity index (χ0n) is 11.1. The fourth-order valence-electron chi connectivity index (χ4n) is 2.18. The molecule has 1 aromatic rings. The fourth-order valence-corrected chi connectivity index (χ4v) is 2.18. The highest BCUT2D eigenvalue weighted by Crippen LogP contribution is 2.21. The number of hydrogen-bond acceptors (Lipinski definition) is 0. The average Bonchev–Trinajstić information content (AvgIpc) is 2.35. The van der Waals surface area contributed by atoms with E-state index in [1.54, 1.807) is 0 Å². The van der Waals surface area contributed by atoms with Crippen molar-refractivity contribution in [2.75, 3.05) is 0 Å². The van der Waals surface area contributed by atoms with Crippen LogP contribution in [0.4, 0.5) is 0 Å². The first-order valence-corrected chi connectivity index (χ1v) is 6.69. The standard InChI is InChI=1S/C15H26N/c1-4-6-7-9-12-15(3,5-2)16-13-10-8-11-14-16/h8,10-11,13-14H,4-7,9,12H2,1-3H3/q+1. The molecule has 1 aromatic heterocycles. The van der Waals surface area contributed by atoms with Crippen LogP contribution in [0, 0.1) is 0 Å². The van der Waals surface area contributed by atoms with Gasteiger partial charge in [0.05, 0.1) is 0 Å². The first-order valence-electron chi connectivity index (χ1n) is 6.69. The Bertz CT molecular complexity index is 281. The first-order chi connectivity index (χ1) is 7.73. The lowest BCUT2D eigenvalue weighted by Gasteiger charge is -2.22. The molecule has 0 aliphatic heterocycles. The molecule has 0 aromatic carbocycles. The number of unbranched alkanes of at least 4 members (excludes halogenated alkanes) is 3. The molecule has 0 aliphatic rings. The molecule has 1 atom stereocenters. The minimum absolute atomic E-state index is 0.301. The fraction of sp³-hybridized carbons (Fsp3) is 0.667. The van der Waals surface area contributed by atoms with Crippen LogP contribution in [0.15, 0.2) is 30.6 Å². The van der Waals surface area contributed by atoms with Crippen molar-refractivity contribution >= 4 is 0 Å². The van der Waals surface area contributed by atoms with Gasteiger partial charge in [-0.05, 0) is 6.42 Å². The molecule has 0 amide bonds. The van der Waals surface area contributed by atoms with E-state index in [-0.39, 0.29) is 0 Å². The van der Waals surface area contributed by atoms with E-state index < -0.39 is 0 Å². The van der Waals surface area contributed by atoms with Crippen molar-refractivity contribution < 1.29 is 4.57 Å². The van der Waals surface area contributed by atoms with Crippen LogP contribution >= 0.6 is 0 Å². The van der Waals surface area contributed by atoms with Crippen molar-refractivity contribution in [2.45, 2.75) is 64.8 Å². The Hall–Kier alpha value is -0.850. The summed E-state index contributed by atoms with van der Waals surface area (Å²) in [5.74, 6) is 0. The van der Waals surface area contributed by atoms with E-state index in [1.807, 2.05) is 0 Å². The molecule has 1 unspecified atom stereocenters. The van der Waals surface area contributed by atoms with Crippen molar-refractivity contribution in [3.05, 3.63) is 30.6 Å². The van der Waals surface area contributed by atoms with Crippen molar-refractivity contribution in [1.29, 1.82) is 0 Å². The summed E-state index contributed by atoms with van der Waals surface area (Å²) in [6, 6.07) is 6.34. The van der Waals surface area contributed by atoms with Crippen molar-refractivity contribution in [2.24, 2.45) is 0 Å². The van der Waals surface area contributed by atoms with Crippen molar-refractivity contribution in [1.82, 2.24) is 0 Å². The van der Waals surface area contributed by atoms with Crippen LogP contribution in [0.2, 0.25) is 0 Å². The maximum absolute atomic E-state index is 2.37. The van der Waals surface area contributed by atoms with Crippen LogP contribution in [0.3, 0.4) is 0 Å². The van der Waals surface area contributed by atoms with Crippen LogP contribution in [0.1, 0.15) is 59.3 Å². The van der Waals surface area contributed by atoms with E-state index in [2.05, 4.69) is 55.9 Å². The van der Waals surface area contributed by atoms with Gasteiger partial charge < -0.3 is 0 Å². The van der Waals surface area contributed by atoms with Gasteiger partial charge in [-0.25, -0.2) is 4.57 Å². The minimum Gasteiger partial charge on any atom is -0.200 e. The summed E-state index contributed by atoms with van der Waals surface area (Å²) in [6.45, 7) is 6.93. The second kappa shape index (κ2) is 6.67. The van der Waals surface area contributed by atoms with Gasteiger partial charge in [-0.15, -0.1) is 0 Å². The predicted molar refractivity (Wildman–Crippen MR) is 69.3 cm³/mol. The van der Waals surface area contributed by atoms with Crippen LogP contribution in [0.25, 0.3) is 0 Å². The van der Waals surface area contributed by atoms with Gasteiger partial charge in [0.25, 0.3) is 0 Å². The molecule has 0 bridgehead atoms. The molecule has 0 saturated carbocycles. The Morgan fingerprint density at radius 1 is 0.938 bits per heavy atom. The lowest BCUT2D eigenvalue weighted by Crippen LogP contribution is -2.53. The first kappa shape index (κ1) is 13.2.